The van der Waals surface area contributed by atoms with Crippen molar-refractivity contribution in [3.63, 3.8) is 0 Å². The van der Waals surface area contributed by atoms with Crippen molar-refractivity contribution in [3.05, 3.63) is 14.4 Å². The molecule has 0 heterocycles. The minimum Gasteiger partial charge on any atom is -0.358 e. The maximum absolute atomic E-state index is 3.64. The molecule has 0 amide bonds. The monoisotopic (exact) mass is 170 g/mol. The van der Waals surface area contributed by atoms with Gasteiger partial charge in [0.2, 0.25) is 0 Å². The zero-order valence-electron chi connectivity index (χ0n) is 4.69. The van der Waals surface area contributed by atoms with E-state index >= 15 is 0 Å². The van der Waals surface area contributed by atoms with E-state index in [1.807, 2.05) is 0 Å². The van der Waals surface area contributed by atoms with Crippen LogP contribution in [0, 0.1) is 20.3 Å². The minimum absolute atomic E-state index is 0. The third-order valence-corrected chi connectivity index (χ3v) is 0. The Balaban J connectivity index is -0.0000000450. The second-order valence-corrected chi connectivity index (χ2v) is 1.39. The van der Waals surface area contributed by atoms with Gasteiger partial charge in [-0.05, 0) is 0 Å². The van der Waals surface area contributed by atoms with Gasteiger partial charge in [-0.1, -0.05) is 13.8 Å². The SMILES string of the molecule is [CH2-]C(C)C.[CH3-].[Mo+2]. The van der Waals surface area contributed by atoms with E-state index in [1.165, 1.54) is 0 Å². The summed E-state index contributed by atoms with van der Waals surface area (Å²) in [7, 11) is 0. The molecule has 0 rings (SSSR count). The third kappa shape index (κ3) is 135. The quantitative estimate of drug-likeness (QED) is 0.383. The van der Waals surface area contributed by atoms with Crippen molar-refractivity contribution in [1.82, 2.24) is 0 Å². The average Bonchev–Trinajstić information content (AvgIpc) is 0.811. The van der Waals surface area contributed by atoms with Crippen LogP contribution < -0.4 is 0 Å². The topological polar surface area (TPSA) is 0 Å². The van der Waals surface area contributed by atoms with Gasteiger partial charge in [0.25, 0.3) is 0 Å². The Kier molecular flexibility index (Phi) is 24.4. The molecule has 0 nitrogen and oxygen atoms in total. The fraction of sp³-hybridized carbons (Fsp3) is 0.600. The van der Waals surface area contributed by atoms with Crippen molar-refractivity contribution in [3.8, 4) is 0 Å². The Morgan fingerprint density at radius 2 is 1.33 bits per heavy atom. The van der Waals surface area contributed by atoms with Crippen LogP contribution in [0.15, 0.2) is 0 Å². The summed E-state index contributed by atoms with van der Waals surface area (Å²) >= 11 is 0. The molecule has 0 aromatic carbocycles. The zero-order valence-corrected chi connectivity index (χ0v) is 6.70. The molecule has 0 aliphatic carbocycles. The fourth-order valence-corrected chi connectivity index (χ4v) is 0. The van der Waals surface area contributed by atoms with Gasteiger partial charge >= 0.3 is 21.1 Å². The van der Waals surface area contributed by atoms with Crippen LogP contribution in [0.2, 0.25) is 0 Å². The van der Waals surface area contributed by atoms with Gasteiger partial charge in [0.05, 0.1) is 0 Å². The smallest absolute Gasteiger partial charge is 0.358 e. The van der Waals surface area contributed by atoms with Gasteiger partial charge in [0.15, 0.2) is 0 Å². The summed E-state index contributed by atoms with van der Waals surface area (Å²) in [5.41, 5.74) is 0. The second-order valence-electron chi connectivity index (χ2n) is 1.39. The predicted molar refractivity (Wildman–Crippen MR) is 26.6 cm³/mol. The maximum Gasteiger partial charge on any atom is 2.00 e. The molecule has 0 unspecified atom stereocenters. The summed E-state index contributed by atoms with van der Waals surface area (Å²) in [5, 5.41) is 0. The molecule has 0 spiro atoms. The Morgan fingerprint density at radius 1 is 1.33 bits per heavy atom. The molecule has 0 aromatic heterocycles. The third-order valence-electron chi connectivity index (χ3n) is 0. The molecule has 6 heavy (non-hydrogen) atoms. The van der Waals surface area contributed by atoms with Crippen molar-refractivity contribution < 1.29 is 21.1 Å². The number of hydrogen-bond donors (Lipinski definition) is 0. The first-order valence-corrected chi connectivity index (χ1v) is 1.56. The molecule has 0 aliphatic heterocycles. The van der Waals surface area contributed by atoms with Gasteiger partial charge in [0.1, 0.15) is 0 Å². The molecule has 0 saturated carbocycles. The van der Waals surface area contributed by atoms with Crippen LogP contribution >= 0.6 is 0 Å². The van der Waals surface area contributed by atoms with Crippen molar-refractivity contribution in [2.24, 2.45) is 5.92 Å². The van der Waals surface area contributed by atoms with Crippen LogP contribution in [0.25, 0.3) is 0 Å². The molecule has 0 radical (unpaired) electrons. The van der Waals surface area contributed by atoms with Crippen molar-refractivity contribution in [2.45, 2.75) is 13.8 Å². The second kappa shape index (κ2) is 9.19. The molecule has 0 aromatic rings. The van der Waals surface area contributed by atoms with Gasteiger partial charge in [-0.25, -0.2) is 0 Å². The zero-order chi connectivity index (χ0) is 3.58. The van der Waals surface area contributed by atoms with Gasteiger partial charge in [-0.2, -0.15) is 5.92 Å². The Hall–Kier alpha value is 0.688. The molecule has 0 saturated heterocycles. The van der Waals surface area contributed by atoms with Crippen LogP contribution in [0.3, 0.4) is 0 Å². The Bertz CT molecular complexity index is 8.66. The van der Waals surface area contributed by atoms with E-state index in [-0.39, 0.29) is 28.5 Å². The Morgan fingerprint density at radius 3 is 1.33 bits per heavy atom. The van der Waals surface area contributed by atoms with Gasteiger partial charge in [-0.3, -0.25) is 0 Å². The van der Waals surface area contributed by atoms with Crippen LogP contribution in [-0.4, -0.2) is 0 Å². The maximum atomic E-state index is 3.64. The summed E-state index contributed by atoms with van der Waals surface area (Å²) in [4.78, 5) is 0. The summed E-state index contributed by atoms with van der Waals surface area (Å²) in [6.45, 7) is 7.75. The van der Waals surface area contributed by atoms with Crippen molar-refractivity contribution in [1.29, 1.82) is 0 Å². The van der Waals surface area contributed by atoms with Gasteiger partial charge in [-0.15, -0.1) is 0 Å². The summed E-state index contributed by atoms with van der Waals surface area (Å²) < 4.78 is 0. The first-order valence-electron chi connectivity index (χ1n) is 1.56. The summed E-state index contributed by atoms with van der Waals surface area (Å²) in [6, 6.07) is 0. The largest absolute Gasteiger partial charge is 2.00 e. The molecular formula is C5H12Mo. The van der Waals surface area contributed by atoms with Crippen LogP contribution in [0.5, 0.6) is 0 Å². The average molecular weight is 168 g/mol. The molecule has 1 heteroatoms. The molecular weight excluding hydrogens is 156 g/mol. The number of hydrogen-bond acceptors (Lipinski definition) is 0. The molecule has 0 bridgehead atoms. The molecule has 0 fully saturated rings. The van der Waals surface area contributed by atoms with Gasteiger partial charge < -0.3 is 14.4 Å². The van der Waals surface area contributed by atoms with Crippen molar-refractivity contribution in [2.75, 3.05) is 0 Å². The van der Waals surface area contributed by atoms with Gasteiger partial charge in [0, 0.05) is 0 Å². The Labute approximate surface area is 55.6 Å². The summed E-state index contributed by atoms with van der Waals surface area (Å²) in [6.07, 6.45) is 0. The molecule has 0 N–H and O–H groups in total. The van der Waals surface area contributed by atoms with E-state index in [1.54, 1.807) is 0 Å². The van der Waals surface area contributed by atoms with E-state index in [0.717, 1.165) is 0 Å². The standard InChI is InChI=1S/C4H9.CH3.Mo/c1-4(2)3;;/h4H,1H2,2-3H3;1H3;/q2*-1;+2. The first-order chi connectivity index (χ1) is 1.73. The van der Waals surface area contributed by atoms with Crippen molar-refractivity contribution >= 4 is 0 Å². The van der Waals surface area contributed by atoms with E-state index in [4.69, 9.17) is 0 Å². The molecule has 38 valence electrons. The first kappa shape index (κ1) is 15.9. The van der Waals surface area contributed by atoms with Crippen LogP contribution in [0.1, 0.15) is 13.8 Å². The summed E-state index contributed by atoms with van der Waals surface area (Å²) in [5.74, 6) is 0.583. The molecule has 0 aliphatic rings. The van der Waals surface area contributed by atoms with E-state index in [0.29, 0.717) is 5.92 Å². The van der Waals surface area contributed by atoms with E-state index in [2.05, 4.69) is 20.8 Å². The molecule has 0 atom stereocenters. The van der Waals surface area contributed by atoms with E-state index in [9.17, 15) is 0 Å². The fourth-order valence-electron chi connectivity index (χ4n) is 0. The van der Waals surface area contributed by atoms with Crippen LogP contribution in [-0.2, 0) is 21.1 Å². The number of rotatable bonds is 0. The normalized spacial score (nSPS) is 6.00. The predicted octanol–water partition coefficient (Wildman–Crippen LogP) is 1.92. The minimum atomic E-state index is 0. The van der Waals surface area contributed by atoms with E-state index < -0.39 is 0 Å². The van der Waals surface area contributed by atoms with Crippen LogP contribution in [0.4, 0.5) is 0 Å².